The molecule has 0 aliphatic carbocycles. The maximum absolute atomic E-state index is 13.2. The maximum atomic E-state index is 13.2. The lowest BCUT2D eigenvalue weighted by Crippen LogP contribution is -2.21. The number of halogens is 3. The van der Waals surface area contributed by atoms with Gasteiger partial charge in [-0.1, -0.05) is 35.3 Å². The zero-order valence-electron chi connectivity index (χ0n) is 16.2. The summed E-state index contributed by atoms with van der Waals surface area (Å²) in [5.74, 6) is -2.29. The summed E-state index contributed by atoms with van der Waals surface area (Å²) in [4.78, 5) is 40.5. The number of carboxylic acid groups (broad SMARTS) is 1. The van der Waals surface area contributed by atoms with Crippen LogP contribution in [0, 0.1) is 5.82 Å². The molecule has 2 N–H and O–H groups in total. The quantitative estimate of drug-likeness (QED) is 0.553. The van der Waals surface area contributed by atoms with E-state index in [-0.39, 0.29) is 17.1 Å². The van der Waals surface area contributed by atoms with Crippen molar-refractivity contribution in [3.63, 3.8) is 0 Å². The number of amides is 1. The number of hydrogen-bond acceptors (Lipinski definition) is 4. The number of hydrogen-bond donors (Lipinski definition) is 2. The van der Waals surface area contributed by atoms with Crippen molar-refractivity contribution in [2.24, 2.45) is 0 Å². The Morgan fingerprint density at radius 1 is 1.12 bits per heavy atom. The molecule has 0 fully saturated rings. The molecule has 0 bridgehead atoms. The van der Waals surface area contributed by atoms with Crippen molar-refractivity contribution < 1.29 is 19.1 Å². The highest BCUT2D eigenvalue weighted by atomic mass is 35.5. The number of aromatic nitrogens is 2. The van der Waals surface area contributed by atoms with Crippen LogP contribution in [0.3, 0.4) is 0 Å². The standard InChI is InChI=1S/C22H14Cl2FN3O4/c23-17(18(24)22(31)32)20(29)26-14-5-6-15-16(10-14)27-19-12(7-8-28(19)21(15)30)9-11-1-3-13(25)4-2-11/h1-6,9-10H,7-8H2,(H,26,29)(H,31,32). The average Bonchev–Trinajstić information content (AvgIpc) is 3.16. The van der Waals surface area contributed by atoms with Gasteiger partial charge in [0.1, 0.15) is 21.7 Å². The van der Waals surface area contributed by atoms with E-state index in [1.54, 1.807) is 16.7 Å². The van der Waals surface area contributed by atoms with Gasteiger partial charge in [-0.2, -0.15) is 0 Å². The SMILES string of the molecule is O=C(O)C(Cl)=C(Cl)C(=O)Nc1ccc2c(=O)n3c(nc2c1)C(=Cc1ccc(F)cc1)CC3. The van der Waals surface area contributed by atoms with Gasteiger partial charge in [-0.05, 0) is 54.0 Å². The van der Waals surface area contributed by atoms with Crippen LogP contribution in [-0.4, -0.2) is 26.5 Å². The summed E-state index contributed by atoms with van der Waals surface area (Å²) in [5, 5.41) is 10.2. The van der Waals surface area contributed by atoms with Gasteiger partial charge in [0.25, 0.3) is 11.5 Å². The Labute approximate surface area is 190 Å². The van der Waals surface area contributed by atoms with Crippen LogP contribution in [0.2, 0.25) is 0 Å². The molecular weight excluding hydrogens is 460 g/mol. The molecule has 0 saturated carbocycles. The summed E-state index contributed by atoms with van der Waals surface area (Å²) in [5.41, 5.74) is 1.98. The van der Waals surface area contributed by atoms with E-state index in [4.69, 9.17) is 28.3 Å². The summed E-state index contributed by atoms with van der Waals surface area (Å²) in [7, 11) is 0. The summed E-state index contributed by atoms with van der Waals surface area (Å²) < 4.78 is 14.7. The minimum atomic E-state index is -1.53. The van der Waals surface area contributed by atoms with Crippen LogP contribution in [-0.2, 0) is 16.1 Å². The number of benzene rings is 2. The van der Waals surface area contributed by atoms with Gasteiger partial charge in [0, 0.05) is 12.2 Å². The molecule has 1 aliphatic rings. The third kappa shape index (κ3) is 4.15. The van der Waals surface area contributed by atoms with Gasteiger partial charge in [-0.25, -0.2) is 14.2 Å². The van der Waals surface area contributed by atoms with Gasteiger partial charge < -0.3 is 10.4 Å². The first-order valence-electron chi connectivity index (χ1n) is 9.35. The first-order chi connectivity index (χ1) is 15.2. The predicted octanol–water partition coefficient (Wildman–Crippen LogP) is 4.19. The molecule has 1 aromatic heterocycles. The van der Waals surface area contributed by atoms with Crippen molar-refractivity contribution in [1.82, 2.24) is 9.55 Å². The Hall–Kier alpha value is -3.49. The van der Waals surface area contributed by atoms with Crippen LogP contribution in [0.4, 0.5) is 10.1 Å². The van der Waals surface area contributed by atoms with Crippen molar-refractivity contribution in [3.05, 3.63) is 80.1 Å². The second-order valence-electron chi connectivity index (χ2n) is 6.98. The van der Waals surface area contributed by atoms with Gasteiger partial charge in [-0.15, -0.1) is 0 Å². The number of nitrogens with zero attached hydrogens (tertiary/aromatic N) is 2. The normalized spacial score (nSPS) is 14.9. The van der Waals surface area contributed by atoms with Gasteiger partial charge >= 0.3 is 5.97 Å². The Bertz CT molecular complexity index is 1390. The number of carbonyl (C=O) groups excluding carboxylic acids is 1. The van der Waals surface area contributed by atoms with Gasteiger partial charge in [0.05, 0.1) is 10.9 Å². The molecule has 1 aliphatic heterocycles. The number of fused-ring (bicyclic) bond motifs is 2. The first-order valence-corrected chi connectivity index (χ1v) is 10.1. The lowest BCUT2D eigenvalue weighted by atomic mass is 10.1. The van der Waals surface area contributed by atoms with Crippen LogP contribution in [0.1, 0.15) is 17.8 Å². The Balaban J connectivity index is 1.72. The largest absolute Gasteiger partial charge is 0.477 e. The third-order valence-corrected chi connectivity index (χ3v) is 5.70. The molecule has 0 radical (unpaired) electrons. The van der Waals surface area contributed by atoms with Gasteiger partial charge in [-0.3, -0.25) is 14.2 Å². The van der Waals surface area contributed by atoms with Crippen molar-refractivity contribution >= 4 is 63.3 Å². The highest BCUT2D eigenvalue weighted by Crippen LogP contribution is 2.28. The fraction of sp³-hybridized carbons (Fsp3) is 0.0909. The summed E-state index contributed by atoms with van der Waals surface area (Å²) in [6.07, 6.45) is 2.44. The second-order valence-corrected chi connectivity index (χ2v) is 7.74. The number of anilines is 1. The van der Waals surface area contributed by atoms with Crippen LogP contribution in [0.25, 0.3) is 22.6 Å². The Morgan fingerprint density at radius 2 is 1.84 bits per heavy atom. The van der Waals surface area contributed by atoms with Crippen LogP contribution in [0.15, 0.2) is 57.3 Å². The van der Waals surface area contributed by atoms with E-state index in [9.17, 15) is 18.8 Å². The molecule has 7 nitrogen and oxygen atoms in total. The summed E-state index contributed by atoms with van der Waals surface area (Å²) in [6, 6.07) is 10.5. The van der Waals surface area contributed by atoms with E-state index in [1.165, 1.54) is 30.3 Å². The summed E-state index contributed by atoms with van der Waals surface area (Å²) in [6.45, 7) is 0.469. The second kappa shape index (κ2) is 8.57. The Kier molecular flexibility index (Phi) is 5.82. The van der Waals surface area contributed by atoms with Crippen molar-refractivity contribution in [2.45, 2.75) is 13.0 Å². The molecule has 0 atom stereocenters. The van der Waals surface area contributed by atoms with E-state index in [0.717, 1.165) is 11.1 Å². The third-order valence-electron chi connectivity index (χ3n) is 4.90. The number of carbonyl (C=O) groups is 2. The lowest BCUT2D eigenvalue weighted by molar-refractivity contribution is -0.132. The fourth-order valence-electron chi connectivity index (χ4n) is 3.37. The minimum absolute atomic E-state index is 0.225. The number of allylic oxidation sites excluding steroid dienone is 1. The molecule has 4 rings (SSSR count). The monoisotopic (exact) mass is 473 g/mol. The van der Waals surface area contributed by atoms with E-state index in [0.29, 0.717) is 29.7 Å². The van der Waals surface area contributed by atoms with Crippen LogP contribution in [0.5, 0.6) is 0 Å². The molecule has 3 aromatic rings. The topological polar surface area (TPSA) is 101 Å². The molecule has 162 valence electrons. The fourth-order valence-corrected chi connectivity index (χ4v) is 3.59. The van der Waals surface area contributed by atoms with Gasteiger partial charge in [0.15, 0.2) is 0 Å². The molecule has 10 heteroatoms. The highest BCUT2D eigenvalue weighted by Gasteiger charge is 2.22. The zero-order chi connectivity index (χ0) is 23.0. The molecule has 1 amide bonds. The van der Waals surface area contributed by atoms with E-state index in [2.05, 4.69) is 10.3 Å². The number of aliphatic carboxylic acids is 1. The summed E-state index contributed by atoms with van der Waals surface area (Å²) >= 11 is 11.2. The number of rotatable bonds is 4. The van der Waals surface area contributed by atoms with Crippen molar-refractivity contribution in [2.75, 3.05) is 5.32 Å². The van der Waals surface area contributed by atoms with Gasteiger partial charge in [0.2, 0.25) is 0 Å². The Morgan fingerprint density at radius 3 is 2.53 bits per heavy atom. The van der Waals surface area contributed by atoms with E-state index in [1.807, 2.05) is 6.08 Å². The average molecular weight is 474 g/mol. The molecule has 2 aromatic carbocycles. The van der Waals surface area contributed by atoms with Crippen LogP contribution < -0.4 is 10.9 Å². The molecule has 2 heterocycles. The zero-order valence-corrected chi connectivity index (χ0v) is 17.7. The molecule has 0 spiro atoms. The number of nitrogens with one attached hydrogen (secondary N) is 1. The molecule has 0 saturated heterocycles. The first kappa shape index (κ1) is 21.7. The van der Waals surface area contributed by atoms with Crippen LogP contribution >= 0.6 is 23.2 Å². The van der Waals surface area contributed by atoms with E-state index >= 15 is 0 Å². The molecule has 0 unspecified atom stereocenters. The van der Waals surface area contributed by atoms with E-state index < -0.39 is 21.9 Å². The highest BCUT2D eigenvalue weighted by molar-refractivity contribution is 6.54. The predicted molar refractivity (Wildman–Crippen MR) is 120 cm³/mol. The smallest absolute Gasteiger partial charge is 0.349 e. The minimum Gasteiger partial charge on any atom is -0.477 e. The maximum Gasteiger partial charge on any atom is 0.349 e. The molecule has 32 heavy (non-hydrogen) atoms. The molecular formula is C22H14Cl2FN3O4. The van der Waals surface area contributed by atoms with Crippen molar-refractivity contribution in [1.29, 1.82) is 0 Å². The van der Waals surface area contributed by atoms with Crippen molar-refractivity contribution in [3.8, 4) is 0 Å². The lowest BCUT2D eigenvalue weighted by Gasteiger charge is -2.09. The number of carboxylic acids is 1.